The Morgan fingerprint density at radius 1 is 1.25 bits per heavy atom. The molecule has 2 aliphatic heterocycles. The van der Waals surface area contributed by atoms with Crippen molar-refractivity contribution in [1.82, 2.24) is 14.9 Å². The van der Waals surface area contributed by atoms with E-state index >= 15 is 0 Å². The standard InChI is InChI=1S/C16H26N4/c1-11(2)15-9-12(3)17-16(19-15)18-13-6-8-20-7-4-5-14(20)10-13/h9,11,13-14H,4-8,10H2,1-3H3,(H,17,18,19). The maximum absolute atomic E-state index is 4.68. The summed E-state index contributed by atoms with van der Waals surface area (Å²) in [5, 5.41) is 3.58. The summed E-state index contributed by atoms with van der Waals surface area (Å²) >= 11 is 0. The Kier molecular flexibility index (Phi) is 3.92. The van der Waals surface area contributed by atoms with E-state index in [-0.39, 0.29) is 0 Å². The third-order valence-electron chi connectivity index (χ3n) is 4.62. The lowest BCUT2D eigenvalue weighted by atomic mass is 9.98. The number of fused-ring (bicyclic) bond motifs is 1. The van der Waals surface area contributed by atoms with Crippen molar-refractivity contribution in [2.75, 3.05) is 18.4 Å². The second-order valence-corrected chi connectivity index (χ2v) is 6.61. The molecule has 3 rings (SSSR count). The van der Waals surface area contributed by atoms with Crippen LogP contribution in [0.15, 0.2) is 6.07 Å². The third kappa shape index (κ3) is 2.95. The number of hydrogen-bond acceptors (Lipinski definition) is 4. The number of nitrogens with zero attached hydrogens (tertiary/aromatic N) is 3. The molecule has 0 saturated carbocycles. The van der Waals surface area contributed by atoms with E-state index in [0.717, 1.165) is 23.4 Å². The summed E-state index contributed by atoms with van der Waals surface area (Å²) < 4.78 is 0. The molecule has 2 unspecified atom stereocenters. The molecule has 1 aromatic heterocycles. The minimum atomic E-state index is 0.453. The SMILES string of the molecule is Cc1cc(C(C)C)nc(NC2CCN3CCCC3C2)n1. The lowest BCUT2D eigenvalue weighted by Gasteiger charge is -2.35. The van der Waals surface area contributed by atoms with Gasteiger partial charge in [-0.3, -0.25) is 0 Å². The highest BCUT2D eigenvalue weighted by Crippen LogP contribution is 2.28. The minimum absolute atomic E-state index is 0.453. The first-order valence-electron chi connectivity index (χ1n) is 7.98. The number of aryl methyl sites for hydroxylation is 1. The van der Waals surface area contributed by atoms with Crippen LogP contribution in [0.4, 0.5) is 5.95 Å². The molecule has 2 fully saturated rings. The maximum Gasteiger partial charge on any atom is 0.223 e. The van der Waals surface area contributed by atoms with Gasteiger partial charge in [0.1, 0.15) is 0 Å². The average molecular weight is 274 g/mol. The molecule has 0 spiro atoms. The molecule has 3 heterocycles. The van der Waals surface area contributed by atoms with E-state index in [1.165, 1.54) is 38.8 Å². The van der Waals surface area contributed by atoms with Crippen LogP contribution in [0.5, 0.6) is 0 Å². The molecular weight excluding hydrogens is 248 g/mol. The van der Waals surface area contributed by atoms with Gasteiger partial charge in [0.05, 0.1) is 0 Å². The Bertz CT molecular complexity index is 472. The highest BCUT2D eigenvalue weighted by atomic mass is 15.2. The van der Waals surface area contributed by atoms with Gasteiger partial charge in [-0.05, 0) is 51.1 Å². The number of nitrogens with one attached hydrogen (secondary N) is 1. The number of hydrogen-bond donors (Lipinski definition) is 1. The molecular formula is C16H26N4. The highest BCUT2D eigenvalue weighted by Gasteiger charge is 2.31. The summed E-state index contributed by atoms with van der Waals surface area (Å²) in [5.74, 6) is 1.28. The summed E-state index contributed by atoms with van der Waals surface area (Å²) in [5.41, 5.74) is 2.20. The van der Waals surface area contributed by atoms with E-state index in [1.807, 2.05) is 0 Å². The molecule has 4 nitrogen and oxygen atoms in total. The van der Waals surface area contributed by atoms with Gasteiger partial charge in [-0.25, -0.2) is 9.97 Å². The molecule has 20 heavy (non-hydrogen) atoms. The van der Waals surface area contributed by atoms with Crippen molar-refractivity contribution in [3.05, 3.63) is 17.5 Å². The molecule has 0 aromatic carbocycles. The van der Waals surface area contributed by atoms with Gasteiger partial charge in [-0.2, -0.15) is 0 Å². The van der Waals surface area contributed by atoms with Crippen molar-refractivity contribution in [2.45, 2.75) is 64.5 Å². The zero-order valence-electron chi connectivity index (χ0n) is 12.9. The van der Waals surface area contributed by atoms with Crippen LogP contribution in [0.2, 0.25) is 0 Å². The Hall–Kier alpha value is -1.16. The molecule has 0 amide bonds. The van der Waals surface area contributed by atoms with Crippen LogP contribution in [0, 0.1) is 6.92 Å². The monoisotopic (exact) mass is 274 g/mol. The largest absolute Gasteiger partial charge is 0.351 e. The molecule has 0 aliphatic carbocycles. The van der Waals surface area contributed by atoms with Crippen molar-refractivity contribution < 1.29 is 0 Å². The van der Waals surface area contributed by atoms with Crippen molar-refractivity contribution in [3.63, 3.8) is 0 Å². The molecule has 1 aromatic rings. The van der Waals surface area contributed by atoms with E-state index in [0.29, 0.717) is 12.0 Å². The minimum Gasteiger partial charge on any atom is -0.351 e. The molecule has 4 heteroatoms. The van der Waals surface area contributed by atoms with Crippen LogP contribution in [0.3, 0.4) is 0 Å². The van der Waals surface area contributed by atoms with Crippen molar-refractivity contribution in [3.8, 4) is 0 Å². The van der Waals surface area contributed by atoms with Gasteiger partial charge in [0.15, 0.2) is 0 Å². The second-order valence-electron chi connectivity index (χ2n) is 6.61. The number of anilines is 1. The average Bonchev–Trinajstić information content (AvgIpc) is 2.85. The van der Waals surface area contributed by atoms with Gasteiger partial charge in [0, 0.05) is 30.0 Å². The zero-order chi connectivity index (χ0) is 14.1. The van der Waals surface area contributed by atoms with Crippen LogP contribution in [0.1, 0.15) is 56.8 Å². The number of rotatable bonds is 3. The van der Waals surface area contributed by atoms with Gasteiger partial charge < -0.3 is 10.2 Å². The molecule has 0 bridgehead atoms. The van der Waals surface area contributed by atoms with E-state index in [4.69, 9.17) is 0 Å². The molecule has 2 atom stereocenters. The Morgan fingerprint density at radius 3 is 2.90 bits per heavy atom. The Morgan fingerprint density at radius 2 is 2.10 bits per heavy atom. The normalized spacial score (nSPS) is 26.8. The second kappa shape index (κ2) is 5.68. The number of aromatic nitrogens is 2. The zero-order valence-corrected chi connectivity index (χ0v) is 12.9. The fourth-order valence-electron chi connectivity index (χ4n) is 3.49. The van der Waals surface area contributed by atoms with Crippen molar-refractivity contribution in [1.29, 1.82) is 0 Å². The first-order valence-corrected chi connectivity index (χ1v) is 7.98. The fraction of sp³-hybridized carbons (Fsp3) is 0.750. The van der Waals surface area contributed by atoms with Gasteiger partial charge in [-0.15, -0.1) is 0 Å². The van der Waals surface area contributed by atoms with Crippen LogP contribution in [0.25, 0.3) is 0 Å². The molecule has 1 N–H and O–H groups in total. The fourth-order valence-corrected chi connectivity index (χ4v) is 3.49. The van der Waals surface area contributed by atoms with Crippen LogP contribution >= 0.6 is 0 Å². The summed E-state index contributed by atoms with van der Waals surface area (Å²) in [6.45, 7) is 8.95. The molecule has 2 saturated heterocycles. The lowest BCUT2D eigenvalue weighted by Crippen LogP contribution is -2.43. The maximum atomic E-state index is 4.68. The van der Waals surface area contributed by atoms with Gasteiger partial charge >= 0.3 is 0 Å². The summed E-state index contributed by atoms with van der Waals surface area (Å²) in [7, 11) is 0. The molecule has 110 valence electrons. The summed E-state index contributed by atoms with van der Waals surface area (Å²) in [6, 6.07) is 3.42. The lowest BCUT2D eigenvalue weighted by molar-refractivity contribution is 0.188. The van der Waals surface area contributed by atoms with Crippen molar-refractivity contribution in [2.24, 2.45) is 0 Å². The van der Waals surface area contributed by atoms with Crippen LogP contribution in [-0.4, -0.2) is 40.0 Å². The molecule has 2 aliphatic rings. The Balaban J connectivity index is 1.68. The van der Waals surface area contributed by atoms with Gasteiger partial charge in [0.25, 0.3) is 0 Å². The van der Waals surface area contributed by atoms with Crippen molar-refractivity contribution >= 4 is 5.95 Å². The van der Waals surface area contributed by atoms with E-state index in [2.05, 4.69) is 47.0 Å². The van der Waals surface area contributed by atoms with Gasteiger partial charge in [-0.1, -0.05) is 13.8 Å². The van der Waals surface area contributed by atoms with Gasteiger partial charge in [0.2, 0.25) is 5.95 Å². The summed E-state index contributed by atoms with van der Waals surface area (Å²) in [4.78, 5) is 11.9. The first-order chi connectivity index (χ1) is 9.61. The van der Waals surface area contributed by atoms with E-state index in [9.17, 15) is 0 Å². The quantitative estimate of drug-likeness (QED) is 0.920. The first kappa shape index (κ1) is 13.8. The van der Waals surface area contributed by atoms with Crippen LogP contribution < -0.4 is 5.32 Å². The predicted molar refractivity (Wildman–Crippen MR) is 82.1 cm³/mol. The predicted octanol–water partition coefficient (Wildman–Crippen LogP) is 2.95. The highest BCUT2D eigenvalue weighted by molar-refractivity contribution is 5.30. The van der Waals surface area contributed by atoms with E-state index < -0.39 is 0 Å². The number of piperidine rings is 1. The smallest absolute Gasteiger partial charge is 0.223 e. The molecule has 0 radical (unpaired) electrons. The topological polar surface area (TPSA) is 41.1 Å². The Labute approximate surface area is 122 Å². The van der Waals surface area contributed by atoms with E-state index in [1.54, 1.807) is 0 Å². The van der Waals surface area contributed by atoms with Crippen LogP contribution in [-0.2, 0) is 0 Å². The summed E-state index contributed by atoms with van der Waals surface area (Å²) in [6.07, 6.45) is 5.19. The third-order valence-corrected chi connectivity index (χ3v) is 4.62.